The Kier molecular flexibility index (Phi) is 4.64. The molecule has 9 heteroatoms. The van der Waals surface area contributed by atoms with Crippen molar-refractivity contribution in [1.82, 2.24) is 5.32 Å². The summed E-state index contributed by atoms with van der Waals surface area (Å²) in [6.07, 6.45) is -3.01. The maximum absolute atomic E-state index is 12.7. The number of benzene rings is 2. The highest BCUT2D eigenvalue weighted by molar-refractivity contribution is 8.18. The summed E-state index contributed by atoms with van der Waals surface area (Å²) in [6.45, 7) is 0. The number of nitrogens with zero attached hydrogens (tertiary/aromatic N) is 1. The third-order valence-corrected chi connectivity index (χ3v) is 4.26. The number of amidine groups is 1. The van der Waals surface area contributed by atoms with E-state index in [2.05, 4.69) is 10.3 Å². The number of hydrogen-bond donors (Lipinski definition) is 3. The number of carbonyl (C=O) groups excluding carboxylic acids is 1. The molecule has 0 spiro atoms. The molecule has 2 aromatic rings. The van der Waals surface area contributed by atoms with Crippen molar-refractivity contribution in [3.63, 3.8) is 0 Å². The third-order valence-electron chi connectivity index (χ3n) is 3.35. The summed E-state index contributed by atoms with van der Waals surface area (Å²) in [5.74, 6) is -1.09. The van der Waals surface area contributed by atoms with Crippen molar-refractivity contribution in [3.05, 3.63) is 58.5 Å². The van der Waals surface area contributed by atoms with Crippen LogP contribution in [0.3, 0.4) is 0 Å². The third kappa shape index (κ3) is 3.99. The Morgan fingerprint density at radius 2 is 1.85 bits per heavy atom. The molecule has 0 atom stereocenters. The van der Waals surface area contributed by atoms with E-state index in [1.807, 2.05) is 0 Å². The van der Waals surface area contributed by atoms with E-state index < -0.39 is 17.6 Å². The van der Waals surface area contributed by atoms with Crippen LogP contribution < -0.4 is 5.32 Å². The normalized spacial score (nSPS) is 17.7. The number of halogens is 3. The first-order valence-corrected chi connectivity index (χ1v) is 8.03. The van der Waals surface area contributed by atoms with Crippen molar-refractivity contribution < 1.29 is 28.2 Å². The van der Waals surface area contributed by atoms with Crippen molar-refractivity contribution in [1.29, 1.82) is 0 Å². The summed E-state index contributed by atoms with van der Waals surface area (Å²) in [7, 11) is 0. The Balaban J connectivity index is 1.84. The molecule has 1 aliphatic heterocycles. The number of thioether (sulfide) groups is 1. The van der Waals surface area contributed by atoms with Gasteiger partial charge in [0.1, 0.15) is 0 Å². The zero-order valence-electron chi connectivity index (χ0n) is 12.9. The maximum atomic E-state index is 12.7. The summed E-state index contributed by atoms with van der Waals surface area (Å²) in [5.41, 5.74) is -0.298. The molecule has 3 rings (SSSR count). The van der Waals surface area contributed by atoms with E-state index in [-0.39, 0.29) is 27.3 Å². The first kappa shape index (κ1) is 17.9. The standard InChI is InChI=1S/C17H11F3N2O3S/c18-17(19,20)10-2-1-3-11(8-10)21-16-22-15(25)14(26-16)7-9-4-5-12(23)13(24)6-9/h1-8,23-24H,(H,21,22,25). The van der Waals surface area contributed by atoms with Crippen LogP contribution in [0, 0.1) is 0 Å². The van der Waals surface area contributed by atoms with E-state index in [1.54, 1.807) is 0 Å². The first-order chi connectivity index (χ1) is 12.2. The molecule has 5 nitrogen and oxygen atoms in total. The average Bonchev–Trinajstić information content (AvgIpc) is 2.90. The van der Waals surface area contributed by atoms with Crippen LogP contribution in [-0.4, -0.2) is 21.3 Å². The van der Waals surface area contributed by atoms with E-state index in [1.165, 1.54) is 36.4 Å². The fraction of sp³-hybridized carbons (Fsp3) is 0.0588. The van der Waals surface area contributed by atoms with Crippen LogP contribution in [-0.2, 0) is 11.0 Å². The summed E-state index contributed by atoms with van der Waals surface area (Å²) >= 11 is 0.957. The van der Waals surface area contributed by atoms with Crippen LogP contribution in [0.2, 0.25) is 0 Å². The number of alkyl halides is 3. The Hall–Kier alpha value is -2.94. The molecule has 2 aromatic carbocycles. The molecule has 0 radical (unpaired) electrons. The Morgan fingerprint density at radius 3 is 2.54 bits per heavy atom. The van der Waals surface area contributed by atoms with E-state index >= 15 is 0 Å². The highest BCUT2D eigenvalue weighted by Gasteiger charge is 2.30. The van der Waals surface area contributed by atoms with Crippen molar-refractivity contribution >= 4 is 34.6 Å². The molecule has 1 aliphatic rings. The van der Waals surface area contributed by atoms with E-state index in [4.69, 9.17) is 0 Å². The number of carbonyl (C=O) groups is 1. The molecule has 1 heterocycles. The van der Waals surface area contributed by atoms with Gasteiger partial charge >= 0.3 is 6.18 Å². The lowest BCUT2D eigenvalue weighted by atomic mass is 10.2. The van der Waals surface area contributed by atoms with Gasteiger partial charge in [0, 0.05) is 0 Å². The molecule has 1 saturated heterocycles. The lowest BCUT2D eigenvalue weighted by Crippen LogP contribution is -2.19. The molecular weight excluding hydrogens is 369 g/mol. The number of aromatic hydroxyl groups is 2. The first-order valence-electron chi connectivity index (χ1n) is 7.21. The molecule has 0 saturated carbocycles. The van der Waals surface area contributed by atoms with Gasteiger partial charge in [-0.3, -0.25) is 4.79 Å². The second-order valence-corrected chi connectivity index (χ2v) is 6.31. The molecule has 134 valence electrons. The molecule has 0 aliphatic carbocycles. The van der Waals surface area contributed by atoms with Crippen LogP contribution in [0.15, 0.2) is 52.4 Å². The zero-order valence-corrected chi connectivity index (χ0v) is 13.7. The van der Waals surface area contributed by atoms with Gasteiger partial charge in [-0.05, 0) is 53.7 Å². The summed E-state index contributed by atoms with van der Waals surface area (Å²) in [4.78, 5) is 16.3. The quantitative estimate of drug-likeness (QED) is 0.543. The van der Waals surface area contributed by atoms with Gasteiger partial charge in [0.05, 0.1) is 16.2 Å². The zero-order chi connectivity index (χ0) is 18.9. The Morgan fingerprint density at radius 1 is 1.08 bits per heavy atom. The van der Waals surface area contributed by atoms with Crippen molar-refractivity contribution in [2.24, 2.45) is 4.99 Å². The highest BCUT2D eigenvalue weighted by atomic mass is 32.2. The second-order valence-electron chi connectivity index (χ2n) is 5.28. The van der Waals surface area contributed by atoms with Gasteiger partial charge in [0.15, 0.2) is 16.7 Å². The number of phenols is 2. The SMILES string of the molecule is O=C1NC(=Nc2cccc(C(F)(F)F)c2)SC1=Cc1ccc(O)c(O)c1. The Labute approximate surface area is 149 Å². The number of nitrogens with one attached hydrogen (secondary N) is 1. The van der Waals surface area contributed by atoms with E-state index in [9.17, 15) is 28.2 Å². The van der Waals surface area contributed by atoms with Crippen LogP contribution in [0.1, 0.15) is 11.1 Å². The summed E-state index contributed by atoms with van der Waals surface area (Å²) < 4.78 is 38.2. The Bertz CT molecular complexity index is 939. The second kappa shape index (κ2) is 6.75. The number of hydrogen-bond acceptors (Lipinski definition) is 5. The van der Waals surface area contributed by atoms with Crippen LogP contribution >= 0.6 is 11.8 Å². The smallest absolute Gasteiger partial charge is 0.416 e. The predicted octanol–water partition coefficient (Wildman–Crippen LogP) is 4.01. The molecule has 26 heavy (non-hydrogen) atoms. The van der Waals surface area contributed by atoms with Crippen LogP contribution in [0.5, 0.6) is 11.5 Å². The lowest BCUT2D eigenvalue weighted by Gasteiger charge is -2.06. The number of aliphatic imine (C=N–C) groups is 1. The van der Waals surface area contributed by atoms with Gasteiger partial charge in [0.2, 0.25) is 0 Å². The van der Waals surface area contributed by atoms with Gasteiger partial charge < -0.3 is 15.5 Å². The minimum atomic E-state index is -4.48. The molecular formula is C17H11F3N2O3S. The maximum Gasteiger partial charge on any atom is 0.416 e. The fourth-order valence-corrected chi connectivity index (χ4v) is 2.97. The van der Waals surface area contributed by atoms with Gasteiger partial charge in [-0.15, -0.1) is 0 Å². The predicted molar refractivity (Wildman–Crippen MR) is 92.0 cm³/mol. The topological polar surface area (TPSA) is 81.9 Å². The summed E-state index contributed by atoms with van der Waals surface area (Å²) in [5, 5.41) is 21.4. The molecule has 0 bridgehead atoms. The molecule has 0 aromatic heterocycles. The van der Waals surface area contributed by atoms with Crippen LogP contribution in [0.4, 0.5) is 18.9 Å². The van der Waals surface area contributed by atoms with Gasteiger partial charge in [-0.2, -0.15) is 13.2 Å². The summed E-state index contributed by atoms with van der Waals surface area (Å²) in [6, 6.07) is 8.51. The average molecular weight is 380 g/mol. The lowest BCUT2D eigenvalue weighted by molar-refractivity contribution is -0.137. The molecule has 1 amide bonds. The number of amides is 1. The van der Waals surface area contributed by atoms with Gasteiger partial charge in [0.25, 0.3) is 5.91 Å². The van der Waals surface area contributed by atoms with Gasteiger partial charge in [-0.1, -0.05) is 12.1 Å². The molecule has 3 N–H and O–H groups in total. The van der Waals surface area contributed by atoms with E-state index in [0.29, 0.717) is 5.56 Å². The molecule has 0 unspecified atom stereocenters. The van der Waals surface area contributed by atoms with Gasteiger partial charge in [-0.25, -0.2) is 4.99 Å². The monoisotopic (exact) mass is 380 g/mol. The number of phenolic OH excluding ortho intramolecular Hbond substituents is 2. The highest BCUT2D eigenvalue weighted by Crippen LogP contribution is 2.33. The number of rotatable bonds is 2. The minimum absolute atomic E-state index is 0.0613. The van der Waals surface area contributed by atoms with Crippen LogP contribution in [0.25, 0.3) is 6.08 Å². The van der Waals surface area contributed by atoms with Crippen molar-refractivity contribution in [2.75, 3.05) is 0 Å². The molecule has 1 fully saturated rings. The fourth-order valence-electron chi connectivity index (χ4n) is 2.13. The van der Waals surface area contributed by atoms with Crippen molar-refractivity contribution in [2.45, 2.75) is 6.18 Å². The largest absolute Gasteiger partial charge is 0.504 e. The van der Waals surface area contributed by atoms with Crippen molar-refractivity contribution in [3.8, 4) is 11.5 Å². The van der Waals surface area contributed by atoms with E-state index in [0.717, 1.165) is 23.9 Å². The minimum Gasteiger partial charge on any atom is -0.504 e.